The molecule has 0 unspecified atom stereocenters. The summed E-state index contributed by atoms with van der Waals surface area (Å²) in [5.74, 6) is 0.950. The number of carbonyl (C=O) groups is 1. The van der Waals surface area contributed by atoms with Crippen molar-refractivity contribution in [3.8, 4) is 11.5 Å². The van der Waals surface area contributed by atoms with E-state index in [1.165, 1.54) is 4.31 Å². The summed E-state index contributed by atoms with van der Waals surface area (Å²) in [7, 11) is -1.39. The molecule has 178 valence electrons. The average Bonchev–Trinajstić information content (AvgIpc) is 3.25. The normalized spacial score (nSPS) is 16.0. The summed E-state index contributed by atoms with van der Waals surface area (Å²) in [5, 5.41) is 2.90. The van der Waals surface area contributed by atoms with Gasteiger partial charge in [0.15, 0.2) is 11.5 Å². The average molecular weight is 475 g/mol. The fourth-order valence-electron chi connectivity index (χ4n) is 3.95. The minimum absolute atomic E-state index is 0.119. The number of fused-ring (bicyclic) bond motifs is 1. The van der Waals surface area contributed by atoms with Crippen molar-refractivity contribution in [2.45, 2.75) is 12.8 Å². The van der Waals surface area contributed by atoms with Crippen LogP contribution in [0.3, 0.4) is 0 Å². The summed E-state index contributed by atoms with van der Waals surface area (Å²) < 4.78 is 36.6. The Balaban J connectivity index is 1.29. The van der Waals surface area contributed by atoms with E-state index >= 15 is 0 Å². The number of benzene rings is 2. The highest BCUT2D eigenvalue weighted by Gasteiger charge is 2.21. The minimum atomic E-state index is -3.51. The number of hydrogen-bond donors (Lipinski definition) is 1. The van der Waals surface area contributed by atoms with Crippen LogP contribution < -0.4 is 24.0 Å². The van der Waals surface area contributed by atoms with E-state index in [2.05, 4.69) is 22.2 Å². The first-order valence-electron chi connectivity index (χ1n) is 11.0. The van der Waals surface area contributed by atoms with Crippen molar-refractivity contribution in [3.05, 3.63) is 42.5 Å². The van der Waals surface area contributed by atoms with Crippen molar-refractivity contribution in [3.63, 3.8) is 0 Å². The standard InChI is InChI=1S/C23H30N4O5S/c1-25-12-14-26(15-13-25)19-7-5-18(6-8-19)24-23(28)4-3-11-27(33(2,29)30)20-9-10-21-22(16-20)32-17-31-21/h5-10,16H,3-4,11-15,17H2,1-2H3,(H,24,28). The molecule has 9 nitrogen and oxygen atoms in total. The Bertz CT molecular complexity index is 1080. The number of carbonyl (C=O) groups excluding carboxylic acids is 1. The maximum absolute atomic E-state index is 12.4. The second kappa shape index (κ2) is 9.88. The van der Waals surface area contributed by atoms with Gasteiger partial charge in [-0.1, -0.05) is 0 Å². The van der Waals surface area contributed by atoms with E-state index in [-0.39, 0.29) is 25.7 Å². The van der Waals surface area contributed by atoms with Gasteiger partial charge in [-0.05, 0) is 49.9 Å². The lowest BCUT2D eigenvalue weighted by molar-refractivity contribution is -0.116. The highest BCUT2D eigenvalue weighted by molar-refractivity contribution is 7.92. The zero-order valence-electron chi connectivity index (χ0n) is 19.0. The van der Waals surface area contributed by atoms with Crippen LogP contribution in [0.1, 0.15) is 12.8 Å². The largest absolute Gasteiger partial charge is 0.454 e. The molecule has 4 rings (SSSR count). The van der Waals surface area contributed by atoms with Crippen LogP contribution in [0.4, 0.5) is 17.1 Å². The molecule has 0 saturated carbocycles. The van der Waals surface area contributed by atoms with E-state index in [1.54, 1.807) is 18.2 Å². The molecule has 2 aromatic carbocycles. The Labute approximate surface area is 194 Å². The molecule has 1 N–H and O–H groups in total. The van der Waals surface area contributed by atoms with E-state index in [1.807, 2.05) is 24.3 Å². The van der Waals surface area contributed by atoms with Gasteiger partial charge in [-0.15, -0.1) is 0 Å². The number of nitrogens with one attached hydrogen (secondary N) is 1. The number of amides is 1. The molecule has 33 heavy (non-hydrogen) atoms. The Morgan fingerprint density at radius 3 is 2.42 bits per heavy atom. The first-order chi connectivity index (χ1) is 15.8. The Hall–Kier alpha value is -2.98. The van der Waals surface area contributed by atoms with Crippen molar-refractivity contribution in [1.29, 1.82) is 0 Å². The number of anilines is 3. The van der Waals surface area contributed by atoms with Crippen molar-refractivity contribution in [2.75, 3.05) is 67.3 Å². The Kier molecular flexibility index (Phi) is 6.94. The molecule has 2 aromatic rings. The van der Waals surface area contributed by atoms with E-state index < -0.39 is 10.0 Å². The topological polar surface area (TPSA) is 91.4 Å². The van der Waals surface area contributed by atoms with E-state index in [0.29, 0.717) is 23.6 Å². The molecule has 1 amide bonds. The van der Waals surface area contributed by atoms with Gasteiger partial charge in [0, 0.05) is 56.6 Å². The van der Waals surface area contributed by atoms with Crippen LogP contribution in [0.5, 0.6) is 11.5 Å². The minimum Gasteiger partial charge on any atom is -0.454 e. The third-order valence-corrected chi connectivity index (χ3v) is 7.02. The van der Waals surface area contributed by atoms with Gasteiger partial charge in [0.05, 0.1) is 11.9 Å². The molecule has 2 heterocycles. The highest BCUT2D eigenvalue weighted by atomic mass is 32.2. The molecule has 1 saturated heterocycles. The number of sulfonamides is 1. The van der Waals surface area contributed by atoms with Gasteiger partial charge < -0.3 is 24.6 Å². The second-order valence-corrected chi connectivity index (χ2v) is 10.3. The maximum atomic E-state index is 12.4. The number of hydrogen-bond acceptors (Lipinski definition) is 7. The summed E-state index contributed by atoms with van der Waals surface area (Å²) in [6.07, 6.45) is 1.74. The van der Waals surface area contributed by atoms with Crippen LogP contribution in [-0.2, 0) is 14.8 Å². The van der Waals surface area contributed by atoms with E-state index in [9.17, 15) is 13.2 Å². The fourth-order valence-corrected chi connectivity index (χ4v) is 4.91. The molecule has 0 aromatic heterocycles. The number of piperazine rings is 1. The first-order valence-corrected chi connectivity index (χ1v) is 12.9. The number of ether oxygens (including phenoxy) is 2. The summed E-state index contributed by atoms with van der Waals surface area (Å²) in [5.41, 5.74) is 2.36. The lowest BCUT2D eigenvalue weighted by Crippen LogP contribution is -2.44. The SMILES string of the molecule is CN1CCN(c2ccc(NC(=O)CCCN(c3ccc4c(c3)OCO4)S(C)(=O)=O)cc2)CC1. The highest BCUT2D eigenvalue weighted by Crippen LogP contribution is 2.36. The first kappa shape index (κ1) is 23.2. The fraction of sp³-hybridized carbons (Fsp3) is 0.435. The number of rotatable bonds is 8. The maximum Gasteiger partial charge on any atom is 0.232 e. The molecule has 2 aliphatic rings. The van der Waals surface area contributed by atoms with Gasteiger partial charge in [0.25, 0.3) is 0 Å². The monoisotopic (exact) mass is 474 g/mol. The molecule has 0 radical (unpaired) electrons. The molecule has 0 spiro atoms. The number of likely N-dealkylation sites (N-methyl/N-ethyl adjacent to an activating group) is 1. The molecule has 2 aliphatic heterocycles. The molecular weight excluding hydrogens is 444 g/mol. The molecule has 0 bridgehead atoms. The smallest absolute Gasteiger partial charge is 0.232 e. The van der Waals surface area contributed by atoms with Crippen LogP contribution in [0, 0.1) is 0 Å². The van der Waals surface area contributed by atoms with Gasteiger partial charge in [-0.3, -0.25) is 9.10 Å². The second-order valence-electron chi connectivity index (χ2n) is 8.36. The van der Waals surface area contributed by atoms with Gasteiger partial charge in [-0.25, -0.2) is 8.42 Å². The molecule has 1 fully saturated rings. The predicted molar refractivity (Wildman–Crippen MR) is 129 cm³/mol. The van der Waals surface area contributed by atoms with Crippen LogP contribution in [0.2, 0.25) is 0 Å². The van der Waals surface area contributed by atoms with E-state index in [4.69, 9.17) is 9.47 Å². The third kappa shape index (κ3) is 5.88. The van der Waals surface area contributed by atoms with Crippen LogP contribution in [0.15, 0.2) is 42.5 Å². The van der Waals surface area contributed by atoms with Crippen LogP contribution >= 0.6 is 0 Å². The van der Waals surface area contributed by atoms with Gasteiger partial charge in [0.1, 0.15) is 0 Å². The summed E-state index contributed by atoms with van der Waals surface area (Å²) in [6, 6.07) is 12.9. The Morgan fingerprint density at radius 2 is 1.73 bits per heavy atom. The van der Waals surface area contributed by atoms with Crippen molar-refractivity contribution >= 4 is 33.0 Å². The molecule has 10 heteroatoms. The van der Waals surface area contributed by atoms with Crippen molar-refractivity contribution in [2.24, 2.45) is 0 Å². The zero-order valence-corrected chi connectivity index (χ0v) is 19.8. The Morgan fingerprint density at radius 1 is 1.03 bits per heavy atom. The van der Waals surface area contributed by atoms with Crippen LogP contribution in [-0.4, -0.2) is 72.0 Å². The van der Waals surface area contributed by atoms with E-state index in [0.717, 1.165) is 43.8 Å². The molecule has 0 aliphatic carbocycles. The van der Waals surface area contributed by atoms with Crippen LogP contribution in [0.25, 0.3) is 0 Å². The quantitative estimate of drug-likeness (QED) is 0.628. The lowest BCUT2D eigenvalue weighted by Gasteiger charge is -2.34. The van der Waals surface area contributed by atoms with Gasteiger partial charge in [-0.2, -0.15) is 0 Å². The lowest BCUT2D eigenvalue weighted by atomic mass is 10.2. The zero-order chi connectivity index (χ0) is 23.4. The summed E-state index contributed by atoms with van der Waals surface area (Å²) in [6.45, 7) is 4.36. The van der Waals surface area contributed by atoms with Gasteiger partial charge >= 0.3 is 0 Å². The summed E-state index contributed by atoms with van der Waals surface area (Å²) >= 11 is 0. The van der Waals surface area contributed by atoms with Crippen molar-refractivity contribution in [1.82, 2.24) is 4.90 Å². The van der Waals surface area contributed by atoms with Crippen molar-refractivity contribution < 1.29 is 22.7 Å². The molecular formula is C23H30N4O5S. The predicted octanol–water partition coefficient (Wildman–Crippen LogP) is 2.35. The molecule has 0 atom stereocenters. The third-order valence-electron chi connectivity index (χ3n) is 5.83. The number of nitrogens with zero attached hydrogens (tertiary/aromatic N) is 3. The summed E-state index contributed by atoms with van der Waals surface area (Å²) in [4.78, 5) is 17.1. The van der Waals surface area contributed by atoms with Gasteiger partial charge in [0.2, 0.25) is 22.7 Å².